The molecule has 1 atom stereocenters. The first-order valence-electron chi connectivity index (χ1n) is 7.12. The highest BCUT2D eigenvalue weighted by Crippen LogP contribution is 2.10. The fourth-order valence-electron chi connectivity index (χ4n) is 1.96. The van der Waals surface area contributed by atoms with Gasteiger partial charge in [0.1, 0.15) is 5.75 Å². The molecule has 0 saturated heterocycles. The predicted octanol–water partition coefficient (Wildman–Crippen LogP) is 2.41. The van der Waals surface area contributed by atoms with Crippen molar-refractivity contribution in [3.8, 4) is 5.75 Å². The van der Waals surface area contributed by atoms with Crippen LogP contribution >= 0.6 is 0 Å². The molecule has 0 bridgehead atoms. The molecule has 1 aromatic rings. The molecule has 1 rings (SSSR count). The minimum absolute atomic E-state index is 0.0245. The quantitative estimate of drug-likeness (QED) is 0.710. The molecule has 0 saturated carbocycles. The molecule has 1 N–H and O–H groups in total. The second-order valence-corrected chi connectivity index (χ2v) is 5.24. The first-order valence-corrected chi connectivity index (χ1v) is 7.12. The third kappa shape index (κ3) is 7.34. The van der Waals surface area contributed by atoms with E-state index in [1.165, 1.54) is 0 Å². The summed E-state index contributed by atoms with van der Waals surface area (Å²) in [6, 6.07) is 9.53. The Morgan fingerprint density at radius 2 is 1.90 bits per heavy atom. The van der Waals surface area contributed by atoms with Crippen molar-refractivity contribution in [2.45, 2.75) is 26.2 Å². The van der Waals surface area contributed by atoms with Crippen LogP contribution in [0.5, 0.6) is 5.75 Å². The van der Waals surface area contributed by atoms with Gasteiger partial charge in [-0.2, -0.15) is 0 Å². The minimum Gasteiger partial charge on any atom is -0.494 e. The number of carbonyl (C=O) groups is 2. The number of benzene rings is 1. The van der Waals surface area contributed by atoms with Crippen molar-refractivity contribution in [3.05, 3.63) is 30.3 Å². The molecule has 0 aliphatic rings. The lowest BCUT2D eigenvalue weighted by molar-refractivity contribution is -0.138. The van der Waals surface area contributed by atoms with Crippen LogP contribution in [0, 0.1) is 5.92 Å². The number of para-hydroxylation sites is 1. The number of carboxylic acids is 1. The summed E-state index contributed by atoms with van der Waals surface area (Å²) in [6.45, 7) is 2.93. The molecule has 116 valence electrons. The van der Waals surface area contributed by atoms with Gasteiger partial charge in [0.2, 0.25) is 5.91 Å². The Bertz CT molecular complexity index is 447. The van der Waals surface area contributed by atoms with Gasteiger partial charge in [-0.25, -0.2) is 0 Å². The van der Waals surface area contributed by atoms with Gasteiger partial charge in [-0.3, -0.25) is 9.59 Å². The topological polar surface area (TPSA) is 66.8 Å². The molecule has 0 aliphatic heterocycles. The molecule has 0 spiro atoms. The molecule has 1 amide bonds. The number of ether oxygens (including phenoxy) is 1. The lowest BCUT2D eigenvalue weighted by Crippen LogP contribution is -2.30. The smallest absolute Gasteiger partial charge is 0.303 e. The molecular formula is C16H23NO4. The van der Waals surface area contributed by atoms with E-state index in [4.69, 9.17) is 9.84 Å². The number of amides is 1. The summed E-state index contributed by atoms with van der Waals surface area (Å²) in [5, 5.41) is 8.68. The van der Waals surface area contributed by atoms with Crippen molar-refractivity contribution in [1.29, 1.82) is 0 Å². The lowest BCUT2D eigenvalue weighted by Gasteiger charge is -2.19. The molecule has 0 radical (unpaired) electrons. The molecule has 5 nitrogen and oxygen atoms in total. The van der Waals surface area contributed by atoms with E-state index in [2.05, 4.69) is 0 Å². The van der Waals surface area contributed by atoms with E-state index >= 15 is 0 Å². The first-order chi connectivity index (χ1) is 9.99. The molecule has 5 heteroatoms. The summed E-state index contributed by atoms with van der Waals surface area (Å²) < 4.78 is 5.55. The molecule has 0 fully saturated rings. The SMILES string of the molecule is CC(CC(=O)O)CC(=O)N(C)CCCOc1ccccc1. The minimum atomic E-state index is -0.866. The maximum atomic E-state index is 11.9. The van der Waals surface area contributed by atoms with Crippen molar-refractivity contribution in [2.24, 2.45) is 5.92 Å². The summed E-state index contributed by atoms with van der Waals surface area (Å²) in [4.78, 5) is 24.1. The van der Waals surface area contributed by atoms with Gasteiger partial charge >= 0.3 is 5.97 Å². The van der Waals surface area contributed by atoms with Crippen molar-refractivity contribution in [3.63, 3.8) is 0 Å². The van der Waals surface area contributed by atoms with Gasteiger partial charge in [-0.05, 0) is 24.5 Å². The Kier molecular flexibility index (Phi) is 7.29. The van der Waals surface area contributed by atoms with Gasteiger partial charge in [0.25, 0.3) is 0 Å². The maximum Gasteiger partial charge on any atom is 0.303 e. The molecule has 1 unspecified atom stereocenters. The fraction of sp³-hybridized carbons (Fsp3) is 0.500. The standard InChI is InChI=1S/C16H23NO4/c1-13(12-16(19)20)11-15(18)17(2)9-6-10-21-14-7-4-3-5-8-14/h3-5,7-8,13H,6,9-12H2,1-2H3,(H,19,20). The molecule has 0 aliphatic carbocycles. The summed E-state index contributed by atoms with van der Waals surface area (Å²) in [5.41, 5.74) is 0. The van der Waals surface area contributed by atoms with Crippen molar-refractivity contribution in [1.82, 2.24) is 4.90 Å². The molecule has 1 aromatic carbocycles. The molecular weight excluding hydrogens is 270 g/mol. The van der Waals surface area contributed by atoms with E-state index in [-0.39, 0.29) is 24.7 Å². The highest BCUT2D eigenvalue weighted by atomic mass is 16.5. The summed E-state index contributed by atoms with van der Waals surface area (Å²) in [7, 11) is 1.73. The van der Waals surface area contributed by atoms with E-state index in [0.29, 0.717) is 13.2 Å². The zero-order valence-electron chi connectivity index (χ0n) is 12.6. The van der Waals surface area contributed by atoms with Crippen LogP contribution < -0.4 is 4.74 Å². The number of hydrogen-bond donors (Lipinski definition) is 1. The van der Waals surface area contributed by atoms with Crippen molar-refractivity contribution >= 4 is 11.9 Å². The number of nitrogens with zero attached hydrogens (tertiary/aromatic N) is 1. The third-order valence-corrected chi connectivity index (χ3v) is 3.12. The van der Waals surface area contributed by atoms with Crippen LogP contribution in [0.3, 0.4) is 0 Å². The van der Waals surface area contributed by atoms with Crippen LogP contribution in [-0.2, 0) is 9.59 Å². The van der Waals surface area contributed by atoms with Gasteiger partial charge in [-0.1, -0.05) is 25.1 Å². The van der Waals surface area contributed by atoms with E-state index in [0.717, 1.165) is 12.2 Å². The van der Waals surface area contributed by atoms with Gasteiger partial charge in [0, 0.05) is 26.4 Å². The number of carboxylic acid groups (broad SMARTS) is 1. The normalized spacial score (nSPS) is 11.7. The summed E-state index contributed by atoms with van der Waals surface area (Å²) >= 11 is 0. The second-order valence-electron chi connectivity index (χ2n) is 5.24. The fourth-order valence-corrected chi connectivity index (χ4v) is 1.96. The van der Waals surface area contributed by atoms with Gasteiger partial charge in [0.05, 0.1) is 6.61 Å². The molecule has 0 aromatic heterocycles. The van der Waals surface area contributed by atoms with Crippen molar-refractivity contribution in [2.75, 3.05) is 20.2 Å². The van der Waals surface area contributed by atoms with Crippen LogP contribution in [0.25, 0.3) is 0 Å². The lowest BCUT2D eigenvalue weighted by atomic mass is 10.0. The van der Waals surface area contributed by atoms with Crippen LogP contribution in [0.4, 0.5) is 0 Å². The van der Waals surface area contributed by atoms with Gasteiger partial charge in [-0.15, -0.1) is 0 Å². The Labute approximate surface area is 125 Å². The zero-order chi connectivity index (χ0) is 15.7. The van der Waals surface area contributed by atoms with Crippen LogP contribution in [0.1, 0.15) is 26.2 Å². The number of aliphatic carboxylic acids is 1. The largest absolute Gasteiger partial charge is 0.494 e. The van der Waals surface area contributed by atoms with Crippen molar-refractivity contribution < 1.29 is 19.4 Å². The first kappa shape index (κ1) is 17.0. The van der Waals surface area contributed by atoms with E-state index in [1.807, 2.05) is 30.3 Å². The van der Waals surface area contributed by atoms with Gasteiger partial charge < -0.3 is 14.7 Å². The monoisotopic (exact) mass is 293 g/mol. The van der Waals surface area contributed by atoms with Crippen LogP contribution in [-0.4, -0.2) is 42.1 Å². The number of carbonyl (C=O) groups excluding carboxylic acids is 1. The summed E-state index contributed by atoms with van der Waals surface area (Å²) in [5.74, 6) is -0.211. The van der Waals surface area contributed by atoms with Gasteiger partial charge in [0.15, 0.2) is 0 Å². The predicted molar refractivity (Wildman–Crippen MR) is 80.2 cm³/mol. The van der Waals surface area contributed by atoms with E-state index in [1.54, 1.807) is 18.9 Å². The Morgan fingerprint density at radius 1 is 1.24 bits per heavy atom. The molecule has 0 heterocycles. The maximum absolute atomic E-state index is 11.9. The number of rotatable bonds is 9. The average molecular weight is 293 g/mol. The highest BCUT2D eigenvalue weighted by molar-refractivity contribution is 5.77. The summed E-state index contributed by atoms with van der Waals surface area (Å²) in [6.07, 6.45) is 1.03. The van der Waals surface area contributed by atoms with Crippen LogP contribution in [0.15, 0.2) is 30.3 Å². The zero-order valence-corrected chi connectivity index (χ0v) is 12.6. The Morgan fingerprint density at radius 3 is 2.52 bits per heavy atom. The molecule has 21 heavy (non-hydrogen) atoms. The van der Waals surface area contributed by atoms with E-state index in [9.17, 15) is 9.59 Å². The number of hydrogen-bond acceptors (Lipinski definition) is 3. The highest BCUT2D eigenvalue weighted by Gasteiger charge is 2.15. The van der Waals surface area contributed by atoms with E-state index < -0.39 is 5.97 Å². The average Bonchev–Trinajstić information content (AvgIpc) is 2.43. The Balaban J connectivity index is 2.19. The second kappa shape index (κ2) is 9.00. The van der Waals surface area contributed by atoms with Crippen LogP contribution in [0.2, 0.25) is 0 Å². The third-order valence-electron chi connectivity index (χ3n) is 3.12. The Hall–Kier alpha value is -2.04.